The maximum atomic E-state index is 13.0. The van der Waals surface area contributed by atoms with E-state index in [1.807, 2.05) is 18.7 Å². The number of carbonyl (C=O) groups is 2. The van der Waals surface area contributed by atoms with Crippen molar-refractivity contribution in [3.8, 4) is 6.07 Å². The first-order valence-corrected chi connectivity index (χ1v) is 12.0. The quantitative estimate of drug-likeness (QED) is 0.711. The first kappa shape index (κ1) is 23.2. The standard InChI is InChI=1S/C20H20ClN5O2S.C2H6/c1-25-17-15(6-9-26(19(17)28)12-20(29-21)7-8-20)16(24-25)18(27)23-11-14-4-2-13(10-22)3-5-14;1-2/h2-5H,6-9,11-12H2,1H3,(H,23,27);1-2H3. The summed E-state index contributed by atoms with van der Waals surface area (Å²) in [6.07, 6.45) is 2.63. The molecular formula is C22H26ClN5O2S. The van der Waals surface area contributed by atoms with Gasteiger partial charge < -0.3 is 10.2 Å². The molecule has 1 aromatic heterocycles. The third-order valence-electron chi connectivity index (χ3n) is 5.47. The Kier molecular flexibility index (Phi) is 7.29. The highest BCUT2D eigenvalue weighted by Gasteiger charge is 2.47. The van der Waals surface area contributed by atoms with Crippen LogP contribution in [0.3, 0.4) is 0 Å². The van der Waals surface area contributed by atoms with Crippen molar-refractivity contribution in [1.82, 2.24) is 20.0 Å². The molecule has 0 atom stereocenters. The van der Waals surface area contributed by atoms with Crippen LogP contribution in [0, 0.1) is 11.3 Å². The molecule has 1 aliphatic carbocycles. The number of hydrogen-bond acceptors (Lipinski definition) is 5. The maximum Gasteiger partial charge on any atom is 0.272 e. The van der Waals surface area contributed by atoms with E-state index in [4.69, 9.17) is 15.9 Å². The van der Waals surface area contributed by atoms with E-state index in [1.165, 1.54) is 15.7 Å². The highest BCUT2D eigenvalue weighted by atomic mass is 35.7. The lowest BCUT2D eigenvalue weighted by Crippen LogP contribution is -2.43. The van der Waals surface area contributed by atoms with Gasteiger partial charge in [0.15, 0.2) is 5.69 Å². The number of amides is 2. The van der Waals surface area contributed by atoms with E-state index in [2.05, 4.69) is 16.5 Å². The molecule has 0 saturated heterocycles. The lowest BCUT2D eigenvalue weighted by Gasteiger charge is -2.30. The van der Waals surface area contributed by atoms with E-state index in [-0.39, 0.29) is 16.6 Å². The molecule has 0 unspecified atom stereocenters. The molecule has 31 heavy (non-hydrogen) atoms. The van der Waals surface area contributed by atoms with Gasteiger partial charge in [-0.3, -0.25) is 14.3 Å². The molecule has 2 aliphatic rings. The summed E-state index contributed by atoms with van der Waals surface area (Å²) in [5.41, 5.74) is 2.95. The average molecular weight is 460 g/mol. The Morgan fingerprint density at radius 1 is 1.32 bits per heavy atom. The molecule has 1 aliphatic heterocycles. The fourth-order valence-electron chi connectivity index (χ4n) is 3.61. The van der Waals surface area contributed by atoms with Gasteiger partial charge in [-0.2, -0.15) is 10.4 Å². The smallest absolute Gasteiger partial charge is 0.272 e. The molecular weight excluding hydrogens is 434 g/mol. The lowest BCUT2D eigenvalue weighted by molar-refractivity contribution is 0.0725. The van der Waals surface area contributed by atoms with Crippen LogP contribution in [0.15, 0.2) is 24.3 Å². The van der Waals surface area contributed by atoms with Crippen molar-refractivity contribution in [2.45, 2.75) is 44.4 Å². The van der Waals surface area contributed by atoms with Gasteiger partial charge in [-0.25, -0.2) is 0 Å². The minimum Gasteiger partial charge on any atom is -0.347 e. The number of hydrogen-bond donors (Lipinski definition) is 1. The van der Waals surface area contributed by atoms with Gasteiger partial charge in [0.1, 0.15) is 5.69 Å². The van der Waals surface area contributed by atoms with Crippen LogP contribution in [0.25, 0.3) is 0 Å². The molecule has 7 nitrogen and oxygen atoms in total. The Bertz CT molecular complexity index is 1010. The number of nitriles is 1. The number of aryl methyl sites for hydroxylation is 1. The van der Waals surface area contributed by atoms with Gasteiger partial charge >= 0.3 is 0 Å². The minimum atomic E-state index is -0.303. The fourth-order valence-corrected chi connectivity index (χ4v) is 4.68. The van der Waals surface area contributed by atoms with Crippen molar-refractivity contribution in [2.24, 2.45) is 7.05 Å². The second-order valence-electron chi connectivity index (χ2n) is 7.53. The van der Waals surface area contributed by atoms with Crippen LogP contribution in [0.1, 0.15) is 64.4 Å². The second kappa shape index (κ2) is 9.75. The van der Waals surface area contributed by atoms with Crippen LogP contribution in [0.2, 0.25) is 0 Å². The summed E-state index contributed by atoms with van der Waals surface area (Å²) < 4.78 is 1.49. The number of halogens is 1. The van der Waals surface area contributed by atoms with Gasteiger partial charge in [-0.15, -0.1) is 0 Å². The summed E-state index contributed by atoms with van der Waals surface area (Å²) in [6.45, 7) is 5.52. The number of carbonyl (C=O) groups excluding carboxylic acids is 2. The highest BCUT2D eigenvalue weighted by molar-refractivity contribution is 8.22. The highest BCUT2D eigenvalue weighted by Crippen LogP contribution is 2.51. The van der Waals surface area contributed by atoms with E-state index in [0.29, 0.717) is 48.6 Å². The molecule has 1 saturated carbocycles. The van der Waals surface area contributed by atoms with E-state index < -0.39 is 0 Å². The summed E-state index contributed by atoms with van der Waals surface area (Å²) in [4.78, 5) is 27.5. The molecule has 1 fully saturated rings. The predicted molar refractivity (Wildman–Crippen MR) is 122 cm³/mol. The first-order valence-electron chi connectivity index (χ1n) is 10.4. The van der Waals surface area contributed by atoms with Crippen molar-refractivity contribution >= 4 is 33.5 Å². The first-order chi connectivity index (χ1) is 15.0. The predicted octanol–water partition coefficient (Wildman–Crippen LogP) is 3.67. The summed E-state index contributed by atoms with van der Waals surface area (Å²) in [7, 11) is 9.00. The summed E-state index contributed by atoms with van der Waals surface area (Å²) in [5.74, 6) is -0.396. The molecule has 0 spiro atoms. The van der Waals surface area contributed by atoms with Gasteiger partial charge in [0, 0.05) is 37.0 Å². The van der Waals surface area contributed by atoms with E-state index >= 15 is 0 Å². The van der Waals surface area contributed by atoms with Gasteiger partial charge in [0.2, 0.25) is 0 Å². The minimum absolute atomic E-state index is 0.0192. The average Bonchev–Trinajstić information content (AvgIpc) is 3.50. The molecule has 1 N–H and O–H groups in total. The fraction of sp³-hybridized carbons (Fsp3) is 0.455. The van der Waals surface area contributed by atoms with Crippen molar-refractivity contribution < 1.29 is 9.59 Å². The van der Waals surface area contributed by atoms with Crippen LogP contribution in [0.5, 0.6) is 0 Å². The van der Waals surface area contributed by atoms with E-state index in [9.17, 15) is 9.59 Å². The van der Waals surface area contributed by atoms with E-state index in [1.54, 1.807) is 31.3 Å². The number of nitrogens with one attached hydrogen (secondary N) is 1. The Morgan fingerprint density at radius 2 is 2.00 bits per heavy atom. The Hall–Kier alpha value is -2.50. The molecule has 0 radical (unpaired) electrons. The van der Waals surface area contributed by atoms with Crippen molar-refractivity contribution in [1.29, 1.82) is 5.26 Å². The molecule has 2 aromatic rings. The topological polar surface area (TPSA) is 91.0 Å². The molecule has 1 aromatic carbocycles. The molecule has 164 valence electrons. The van der Waals surface area contributed by atoms with E-state index in [0.717, 1.165) is 18.4 Å². The number of benzene rings is 1. The third kappa shape index (κ3) is 4.89. The number of aromatic nitrogens is 2. The van der Waals surface area contributed by atoms with Crippen LogP contribution in [0.4, 0.5) is 0 Å². The van der Waals surface area contributed by atoms with Gasteiger partial charge in [0.05, 0.1) is 11.6 Å². The second-order valence-corrected chi connectivity index (χ2v) is 9.01. The summed E-state index contributed by atoms with van der Waals surface area (Å²) >= 11 is 0. The maximum absolute atomic E-state index is 13.0. The molecule has 2 amide bonds. The van der Waals surface area contributed by atoms with Crippen molar-refractivity contribution in [2.75, 3.05) is 13.1 Å². The molecule has 2 heterocycles. The lowest BCUT2D eigenvalue weighted by atomic mass is 10.0. The van der Waals surface area contributed by atoms with Crippen LogP contribution >= 0.6 is 21.7 Å². The molecule has 0 bridgehead atoms. The number of fused-ring (bicyclic) bond motifs is 1. The number of rotatable bonds is 6. The Morgan fingerprint density at radius 3 is 2.58 bits per heavy atom. The SMILES string of the molecule is CC.Cn1nc(C(=O)NCc2ccc(C#N)cc2)c2c1C(=O)N(CC1(SCl)CC1)CC2. The van der Waals surface area contributed by atoms with Gasteiger partial charge in [-0.05, 0) is 58.6 Å². The summed E-state index contributed by atoms with van der Waals surface area (Å²) in [6, 6.07) is 9.09. The zero-order chi connectivity index (χ0) is 22.6. The van der Waals surface area contributed by atoms with Crippen LogP contribution < -0.4 is 5.32 Å². The Balaban J connectivity index is 0.00000132. The molecule has 9 heteroatoms. The van der Waals surface area contributed by atoms with Gasteiger partial charge in [0.25, 0.3) is 11.8 Å². The summed E-state index contributed by atoms with van der Waals surface area (Å²) in [5, 5.41) is 16.0. The monoisotopic (exact) mass is 459 g/mol. The van der Waals surface area contributed by atoms with Gasteiger partial charge in [-0.1, -0.05) is 26.0 Å². The van der Waals surface area contributed by atoms with Crippen molar-refractivity contribution in [3.63, 3.8) is 0 Å². The largest absolute Gasteiger partial charge is 0.347 e. The van der Waals surface area contributed by atoms with Crippen LogP contribution in [-0.4, -0.2) is 44.3 Å². The zero-order valence-corrected chi connectivity index (χ0v) is 19.5. The normalized spacial score (nSPS) is 16.0. The Labute approximate surface area is 191 Å². The number of nitrogens with zero attached hydrogens (tertiary/aromatic N) is 4. The van der Waals surface area contributed by atoms with Crippen LogP contribution in [-0.2, 0) is 20.0 Å². The molecule has 4 rings (SSSR count). The zero-order valence-electron chi connectivity index (χ0n) is 17.9. The third-order valence-corrected chi connectivity index (χ3v) is 7.32. The van der Waals surface area contributed by atoms with Crippen molar-refractivity contribution in [3.05, 3.63) is 52.3 Å².